The fraction of sp³-hybridized carbons (Fsp3) is 0.133. The Kier molecular flexibility index (Phi) is 4.50. The van der Waals surface area contributed by atoms with Crippen molar-refractivity contribution in [2.24, 2.45) is 0 Å². The summed E-state index contributed by atoms with van der Waals surface area (Å²) in [4.78, 5) is 26.8. The molecule has 0 fully saturated rings. The number of anilines is 1. The van der Waals surface area contributed by atoms with Gasteiger partial charge in [-0.25, -0.2) is 4.79 Å². The third-order valence-corrected chi connectivity index (χ3v) is 2.83. The van der Waals surface area contributed by atoms with E-state index in [0.29, 0.717) is 11.4 Å². The second kappa shape index (κ2) is 6.51. The van der Waals surface area contributed by atoms with Gasteiger partial charge in [0.1, 0.15) is 5.75 Å². The highest BCUT2D eigenvalue weighted by molar-refractivity contribution is 5.96. The van der Waals surface area contributed by atoms with E-state index in [1.165, 1.54) is 25.3 Å². The van der Waals surface area contributed by atoms with Crippen LogP contribution in [0.1, 0.15) is 15.9 Å². The van der Waals surface area contributed by atoms with E-state index in [0.717, 1.165) is 5.56 Å². The van der Waals surface area contributed by atoms with Gasteiger partial charge in [-0.3, -0.25) is 9.78 Å². The lowest BCUT2D eigenvalue weighted by Crippen LogP contribution is -2.15. The summed E-state index contributed by atoms with van der Waals surface area (Å²) in [6, 6.07) is 7.77. The number of hydrogen-bond acceptors (Lipinski definition) is 4. The first-order valence-electron chi connectivity index (χ1n) is 6.20. The van der Waals surface area contributed by atoms with Crippen molar-refractivity contribution in [3.8, 4) is 5.75 Å². The number of carbonyl (C=O) groups excluding carboxylic acids is 1. The van der Waals surface area contributed by atoms with Gasteiger partial charge in [-0.2, -0.15) is 0 Å². The van der Waals surface area contributed by atoms with Crippen LogP contribution in [0.5, 0.6) is 5.75 Å². The minimum Gasteiger partial charge on any atom is -0.495 e. The molecule has 0 saturated carbocycles. The molecule has 1 heterocycles. The number of methoxy groups -OCH3 is 1. The van der Waals surface area contributed by atoms with Gasteiger partial charge in [0, 0.05) is 12.4 Å². The molecule has 0 spiro atoms. The lowest BCUT2D eigenvalue weighted by molar-refractivity contribution is -0.115. The number of aromatic carboxylic acids is 1. The molecule has 0 atom stereocenters. The molecule has 1 aromatic carbocycles. The van der Waals surface area contributed by atoms with Crippen LogP contribution in [0.15, 0.2) is 42.7 Å². The third-order valence-electron chi connectivity index (χ3n) is 2.83. The highest BCUT2D eigenvalue weighted by atomic mass is 16.5. The van der Waals surface area contributed by atoms with Gasteiger partial charge in [0.2, 0.25) is 5.91 Å². The first-order valence-corrected chi connectivity index (χ1v) is 6.20. The van der Waals surface area contributed by atoms with Crippen LogP contribution in [-0.2, 0) is 11.2 Å². The van der Waals surface area contributed by atoms with Crippen molar-refractivity contribution in [1.29, 1.82) is 0 Å². The molecular formula is C15H14N2O4. The zero-order valence-electron chi connectivity index (χ0n) is 11.4. The van der Waals surface area contributed by atoms with Gasteiger partial charge in [0.25, 0.3) is 0 Å². The molecule has 2 aromatic rings. The number of ether oxygens (including phenoxy) is 1. The van der Waals surface area contributed by atoms with Crippen molar-refractivity contribution >= 4 is 17.6 Å². The van der Waals surface area contributed by atoms with E-state index in [-0.39, 0.29) is 17.9 Å². The topological polar surface area (TPSA) is 88.5 Å². The van der Waals surface area contributed by atoms with E-state index in [4.69, 9.17) is 9.84 Å². The van der Waals surface area contributed by atoms with E-state index >= 15 is 0 Å². The monoisotopic (exact) mass is 286 g/mol. The SMILES string of the molecule is COc1ccc(C(=O)O)cc1NC(=O)Cc1ccncc1. The number of carbonyl (C=O) groups is 2. The molecule has 6 heteroatoms. The standard InChI is InChI=1S/C15H14N2O4/c1-21-13-3-2-11(15(19)20)9-12(13)17-14(18)8-10-4-6-16-7-5-10/h2-7,9H,8H2,1H3,(H,17,18)(H,19,20). The summed E-state index contributed by atoms with van der Waals surface area (Å²) in [7, 11) is 1.45. The normalized spacial score (nSPS) is 9.95. The Morgan fingerprint density at radius 1 is 1.24 bits per heavy atom. The lowest BCUT2D eigenvalue weighted by Gasteiger charge is -2.11. The fourth-order valence-electron chi connectivity index (χ4n) is 1.82. The third kappa shape index (κ3) is 3.79. The van der Waals surface area contributed by atoms with E-state index in [9.17, 15) is 9.59 Å². The molecule has 0 aliphatic rings. The first-order chi connectivity index (χ1) is 10.1. The summed E-state index contributed by atoms with van der Waals surface area (Å²) >= 11 is 0. The van der Waals surface area contributed by atoms with E-state index in [2.05, 4.69) is 10.3 Å². The molecule has 6 nitrogen and oxygen atoms in total. The zero-order valence-corrected chi connectivity index (χ0v) is 11.4. The molecule has 0 radical (unpaired) electrons. The Balaban J connectivity index is 2.16. The van der Waals surface area contributed by atoms with Crippen molar-refractivity contribution in [2.45, 2.75) is 6.42 Å². The molecule has 1 amide bonds. The molecule has 0 aliphatic heterocycles. The number of nitrogens with zero attached hydrogens (tertiary/aromatic N) is 1. The highest BCUT2D eigenvalue weighted by Gasteiger charge is 2.12. The van der Waals surface area contributed by atoms with Crippen molar-refractivity contribution in [3.05, 3.63) is 53.9 Å². The number of hydrogen-bond donors (Lipinski definition) is 2. The minimum atomic E-state index is -1.07. The van der Waals surface area contributed by atoms with E-state index in [1.807, 2.05) is 0 Å². The van der Waals surface area contributed by atoms with Gasteiger partial charge in [0.15, 0.2) is 0 Å². The quantitative estimate of drug-likeness (QED) is 0.877. The first kappa shape index (κ1) is 14.5. The number of amides is 1. The van der Waals surface area contributed by atoms with Crippen molar-refractivity contribution in [3.63, 3.8) is 0 Å². The average Bonchev–Trinajstić information content (AvgIpc) is 2.48. The molecule has 1 aromatic heterocycles. The summed E-state index contributed by atoms with van der Waals surface area (Å²) in [6.45, 7) is 0. The van der Waals surface area contributed by atoms with Crippen molar-refractivity contribution < 1.29 is 19.4 Å². The van der Waals surface area contributed by atoms with Gasteiger partial charge in [0.05, 0.1) is 24.8 Å². The van der Waals surface area contributed by atoms with Crippen LogP contribution in [0.3, 0.4) is 0 Å². The van der Waals surface area contributed by atoms with E-state index in [1.54, 1.807) is 24.5 Å². The highest BCUT2D eigenvalue weighted by Crippen LogP contribution is 2.25. The number of benzene rings is 1. The second-order valence-electron chi connectivity index (χ2n) is 4.30. The van der Waals surface area contributed by atoms with Crippen LogP contribution in [-0.4, -0.2) is 29.1 Å². The van der Waals surface area contributed by atoms with Gasteiger partial charge in [-0.05, 0) is 35.9 Å². The van der Waals surface area contributed by atoms with Gasteiger partial charge in [-0.15, -0.1) is 0 Å². The molecule has 0 aliphatic carbocycles. The van der Waals surface area contributed by atoms with Gasteiger partial charge >= 0.3 is 5.97 Å². The van der Waals surface area contributed by atoms with Crippen LogP contribution in [0, 0.1) is 0 Å². The van der Waals surface area contributed by atoms with Crippen LogP contribution < -0.4 is 10.1 Å². The number of pyridine rings is 1. The van der Waals surface area contributed by atoms with Gasteiger partial charge in [-0.1, -0.05) is 0 Å². The van der Waals surface area contributed by atoms with Crippen molar-refractivity contribution in [1.82, 2.24) is 4.98 Å². The van der Waals surface area contributed by atoms with Crippen LogP contribution in [0.25, 0.3) is 0 Å². The maximum absolute atomic E-state index is 12.0. The Hall–Kier alpha value is -2.89. The predicted molar refractivity (Wildman–Crippen MR) is 76.5 cm³/mol. The summed E-state index contributed by atoms with van der Waals surface area (Å²) in [5, 5.41) is 11.6. The van der Waals surface area contributed by atoms with E-state index < -0.39 is 5.97 Å². The van der Waals surface area contributed by atoms with Crippen molar-refractivity contribution in [2.75, 3.05) is 12.4 Å². The molecule has 108 valence electrons. The maximum Gasteiger partial charge on any atom is 0.335 e. The molecule has 2 rings (SSSR count). The molecule has 0 bridgehead atoms. The summed E-state index contributed by atoms with van der Waals surface area (Å²) in [5.41, 5.74) is 1.22. The smallest absolute Gasteiger partial charge is 0.335 e. The maximum atomic E-state index is 12.0. The Bertz CT molecular complexity index is 656. The molecule has 21 heavy (non-hydrogen) atoms. The molecule has 0 unspecified atom stereocenters. The predicted octanol–water partition coefficient (Wildman–Crippen LogP) is 1.97. The molecule has 2 N–H and O–H groups in total. The number of carboxylic acid groups (broad SMARTS) is 1. The molecule has 0 saturated heterocycles. The van der Waals surface area contributed by atoms with Crippen LogP contribution in [0.2, 0.25) is 0 Å². The van der Waals surface area contributed by atoms with Crippen LogP contribution >= 0.6 is 0 Å². The number of aromatic nitrogens is 1. The summed E-state index contributed by atoms with van der Waals surface area (Å²) < 4.78 is 5.11. The second-order valence-corrected chi connectivity index (χ2v) is 4.30. The largest absolute Gasteiger partial charge is 0.495 e. The zero-order chi connectivity index (χ0) is 15.2. The minimum absolute atomic E-state index is 0.0787. The number of rotatable bonds is 5. The van der Waals surface area contributed by atoms with Gasteiger partial charge < -0.3 is 15.2 Å². The van der Waals surface area contributed by atoms with Crippen LogP contribution in [0.4, 0.5) is 5.69 Å². The fourth-order valence-corrected chi connectivity index (χ4v) is 1.82. The summed E-state index contributed by atoms with van der Waals surface area (Å²) in [6.07, 6.45) is 3.38. The Morgan fingerprint density at radius 2 is 1.95 bits per heavy atom. The lowest BCUT2D eigenvalue weighted by atomic mass is 10.1. The average molecular weight is 286 g/mol. The molecular weight excluding hydrogens is 272 g/mol. The Morgan fingerprint density at radius 3 is 2.57 bits per heavy atom. The summed E-state index contributed by atoms with van der Waals surface area (Å²) in [5.74, 6) is -0.924. The number of nitrogens with one attached hydrogen (secondary N) is 1. The number of carboxylic acids is 1. The Labute approximate surface area is 121 Å².